The van der Waals surface area contributed by atoms with Crippen molar-refractivity contribution in [3.8, 4) is 0 Å². The molecule has 4 heteroatoms. The van der Waals surface area contributed by atoms with Crippen LogP contribution >= 0.6 is 0 Å². The van der Waals surface area contributed by atoms with Crippen molar-refractivity contribution >= 4 is 11.6 Å². The smallest absolute Gasteiger partial charge is 0.225 e. The molecule has 2 fully saturated rings. The second-order valence-corrected chi connectivity index (χ2v) is 6.56. The molecule has 120 valence electrons. The molecule has 2 aliphatic heterocycles. The topological polar surface area (TPSA) is 35.6 Å². The van der Waals surface area contributed by atoms with Crippen LogP contribution in [0.15, 0.2) is 18.2 Å². The molecule has 4 nitrogen and oxygen atoms in total. The van der Waals surface area contributed by atoms with Crippen LogP contribution in [0.1, 0.15) is 24.0 Å². The van der Waals surface area contributed by atoms with Gasteiger partial charge in [-0.25, -0.2) is 0 Å². The molecule has 2 aliphatic rings. The Balaban J connectivity index is 1.60. The van der Waals surface area contributed by atoms with Crippen LogP contribution in [-0.4, -0.2) is 50.1 Å². The largest absolute Gasteiger partial charge is 0.368 e. The average molecular weight is 301 g/mol. The number of carbonyl (C=O) groups is 1. The number of piperazine rings is 1. The first-order valence-corrected chi connectivity index (χ1v) is 8.47. The number of anilines is 1. The summed E-state index contributed by atoms with van der Waals surface area (Å²) in [5.74, 6) is 0.621. The quantitative estimate of drug-likeness (QED) is 0.907. The summed E-state index contributed by atoms with van der Waals surface area (Å²) in [5, 5.41) is 3.33. The zero-order valence-electron chi connectivity index (χ0n) is 13.8. The highest BCUT2D eigenvalue weighted by atomic mass is 16.2. The number of nitrogens with one attached hydrogen (secondary N) is 1. The Morgan fingerprint density at radius 1 is 1.09 bits per heavy atom. The molecule has 22 heavy (non-hydrogen) atoms. The summed E-state index contributed by atoms with van der Waals surface area (Å²) in [6.45, 7) is 9.93. The highest BCUT2D eigenvalue weighted by Crippen LogP contribution is 2.24. The van der Waals surface area contributed by atoms with Crippen LogP contribution in [-0.2, 0) is 4.79 Å². The van der Waals surface area contributed by atoms with Crippen LogP contribution in [0.4, 0.5) is 5.69 Å². The van der Waals surface area contributed by atoms with Crippen molar-refractivity contribution in [1.82, 2.24) is 10.2 Å². The molecule has 2 heterocycles. The third kappa shape index (κ3) is 3.12. The molecular weight excluding hydrogens is 274 g/mol. The second-order valence-electron chi connectivity index (χ2n) is 6.56. The normalized spacial score (nSPS) is 20.3. The van der Waals surface area contributed by atoms with E-state index in [2.05, 4.69) is 47.2 Å². The molecule has 0 atom stereocenters. The number of hydrogen-bond donors (Lipinski definition) is 1. The predicted octanol–water partition coefficient (Wildman–Crippen LogP) is 1.95. The van der Waals surface area contributed by atoms with Crippen LogP contribution in [0.5, 0.6) is 0 Å². The lowest BCUT2D eigenvalue weighted by Crippen LogP contribution is -2.51. The fraction of sp³-hybridized carbons (Fsp3) is 0.611. The van der Waals surface area contributed by atoms with E-state index in [1.54, 1.807) is 0 Å². The van der Waals surface area contributed by atoms with Gasteiger partial charge in [0, 0.05) is 37.8 Å². The van der Waals surface area contributed by atoms with Crippen LogP contribution in [0.25, 0.3) is 0 Å². The van der Waals surface area contributed by atoms with Gasteiger partial charge in [0.1, 0.15) is 0 Å². The molecule has 1 amide bonds. The summed E-state index contributed by atoms with van der Waals surface area (Å²) < 4.78 is 0. The standard InChI is InChI=1S/C18H27N3O/c1-14-4-3-5-17(15(14)2)20-10-12-21(13-11-20)18(22)16-6-8-19-9-7-16/h3-5,16,19H,6-13H2,1-2H3. The Morgan fingerprint density at radius 3 is 2.45 bits per heavy atom. The van der Waals surface area contributed by atoms with Gasteiger partial charge in [0.05, 0.1) is 0 Å². The Hall–Kier alpha value is -1.55. The Kier molecular flexibility index (Phi) is 4.67. The van der Waals surface area contributed by atoms with Gasteiger partial charge in [0.15, 0.2) is 0 Å². The van der Waals surface area contributed by atoms with Gasteiger partial charge in [-0.2, -0.15) is 0 Å². The fourth-order valence-corrected chi connectivity index (χ4v) is 3.57. The molecule has 2 saturated heterocycles. The summed E-state index contributed by atoms with van der Waals surface area (Å²) in [7, 11) is 0. The number of aryl methyl sites for hydroxylation is 1. The predicted molar refractivity (Wildman–Crippen MR) is 90.3 cm³/mol. The molecular formula is C18H27N3O. The molecule has 0 unspecified atom stereocenters. The minimum atomic E-state index is 0.244. The van der Waals surface area contributed by atoms with E-state index in [-0.39, 0.29) is 5.92 Å². The van der Waals surface area contributed by atoms with Crippen LogP contribution < -0.4 is 10.2 Å². The van der Waals surface area contributed by atoms with Gasteiger partial charge in [0.25, 0.3) is 0 Å². The first-order valence-electron chi connectivity index (χ1n) is 8.47. The SMILES string of the molecule is Cc1cccc(N2CCN(C(=O)C3CCNCC3)CC2)c1C. The lowest BCUT2D eigenvalue weighted by molar-refractivity contribution is -0.136. The highest BCUT2D eigenvalue weighted by Gasteiger charge is 2.28. The second kappa shape index (κ2) is 6.69. The van der Waals surface area contributed by atoms with Gasteiger partial charge in [-0.1, -0.05) is 12.1 Å². The van der Waals surface area contributed by atoms with Crippen molar-refractivity contribution in [3.05, 3.63) is 29.3 Å². The van der Waals surface area contributed by atoms with E-state index in [0.717, 1.165) is 52.1 Å². The first kappa shape index (κ1) is 15.3. The molecule has 0 bridgehead atoms. The molecule has 0 radical (unpaired) electrons. The van der Waals surface area contributed by atoms with Crippen molar-refractivity contribution in [2.45, 2.75) is 26.7 Å². The molecule has 1 N–H and O–H groups in total. The van der Waals surface area contributed by atoms with Gasteiger partial charge < -0.3 is 15.1 Å². The van der Waals surface area contributed by atoms with Gasteiger partial charge in [0.2, 0.25) is 5.91 Å². The lowest BCUT2D eigenvalue weighted by Gasteiger charge is -2.39. The summed E-state index contributed by atoms with van der Waals surface area (Å²) in [5.41, 5.74) is 4.03. The summed E-state index contributed by atoms with van der Waals surface area (Å²) in [6.07, 6.45) is 1.99. The molecule has 0 aliphatic carbocycles. The Bertz CT molecular complexity index is 529. The molecule has 1 aromatic carbocycles. The monoisotopic (exact) mass is 301 g/mol. The average Bonchev–Trinajstić information content (AvgIpc) is 2.58. The van der Waals surface area contributed by atoms with Crippen LogP contribution in [0.3, 0.4) is 0 Å². The van der Waals surface area contributed by atoms with E-state index < -0.39 is 0 Å². The number of hydrogen-bond acceptors (Lipinski definition) is 3. The van der Waals surface area contributed by atoms with Crippen molar-refractivity contribution < 1.29 is 4.79 Å². The zero-order valence-corrected chi connectivity index (χ0v) is 13.8. The third-order valence-electron chi connectivity index (χ3n) is 5.20. The van der Waals surface area contributed by atoms with E-state index in [1.165, 1.54) is 16.8 Å². The summed E-state index contributed by atoms with van der Waals surface area (Å²) in [6, 6.07) is 6.49. The van der Waals surface area contributed by atoms with Crippen molar-refractivity contribution in [2.24, 2.45) is 5.92 Å². The van der Waals surface area contributed by atoms with E-state index in [1.807, 2.05) is 0 Å². The fourth-order valence-electron chi connectivity index (χ4n) is 3.57. The number of piperidine rings is 1. The van der Waals surface area contributed by atoms with E-state index in [0.29, 0.717) is 5.91 Å². The van der Waals surface area contributed by atoms with E-state index in [4.69, 9.17) is 0 Å². The number of rotatable bonds is 2. The maximum Gasteiger partial charge on any atom is 0.225 e. The third-order valence-corrected chi connectivity index (χ3v) is 5.20. The summed E-state index contributed by atoms with van der Waals surface area (Å²) in [4.78, 5) is 17.1. The Morgan fingerprint density at radius 2 is 1.77 bits per heavy atom. The van der Waals surface area contributed by atoms with Crippen molar-refractivity contribution in [3.63, 3.8) is 0 Å². The zero-order chi connectivity index (χ0) is 15.5. The van der Waals surface area contributed by atoms with Crippen LogP contribution in [0, 0.1) is 19.8 Å². The number of amides is 1. The first-order chi connectivity index (χ1) is 10.7. The molecule has 1 aromatic rings. The van der Waals surface area contributed by atoms with Crippen LogP contribution in [0.2, 0.25) is 0 Å². The maximum absolute atomic E-state index is 12.6. The minimum absolute atomic E-state index is 0.244. The summed E-state index contributed by atoms with van der Waals surface area (Å²) >= 11 is 0. The molecule has 0 aromatic heterocycles. The molecule has 3 rings (SSSR count). The van der Waals surface area contributed by atoms with E-state index >= 15 is 0 Å². The molecule has 0 saturated carbocycles. The number of nitrogens with zero attached hydrogens (tertiary/aromatic N) is 2. The number of carbonyl (C=O) groups excluding carboxylic acids is 1. The minimum Gasteiger partial charge on any atom is -0.368 e. The Labute approximate surface area is 133 Å². The molecule has 0 spiro atoms. The highest BCUT2D eigenvalue weighted by molar-refractivity contribution is 5.79. The van der Waals surface area contributed by atoms with Crippen molar-refractivity contribution in [1.29, 1.82) is 0 Å². The van der Waals surface area contributed by atoms with Gasteiger partial charge >= 0.3 is 0 Å². The van der Waals surface area contributed by atoms with E-state index in [9.17, 15) is 4.79 Å². The van der Waals surface area contributed by atoms with Crippen molar-refractivity contribution in [2.75, 3.05) is 44.2 Å². The van der Waals surface area contributed by atoms with Gasteiger partial charge in [-0.15, -0.1) is 0 Å². The van der Waals surface area contributed by atoms with Gasteiger partial charge in [-0.3, -0.25) is 4.79 Å². The number of benzene rings is 1. The lowest BCUT2D eigenvalue weighted by atomic mass is 9.96. The van der Waals surface area contributed by atoms with Gasteiger partial charge in [-0.05, 0) is 57.0 Å². The maximum atomic E-state index is 12.6.